The zero-order valence-electron chi connectivity index (χ0n) is 18.1. The molecule has 178 valence electrons. The van der Waals surface area contributed by atoms with Crippen LogP contribution in [-0.4, -0.2) is 24.7 Å². The molecule has 0 radical (unpaired) electrons. The molecule has 0 saturated heterocycles. The van der Waals surface area contributed by atoms with Crippen LogP contribution in [0.3, 0.4) is 0 Å². The molecule has 10 heteroatoms. The first-order valence-electron chi connectivity index (χ1n) is 10.1. The number of benzene rings is 3. The maximum Gasteiger partial charge on any atom is 0.573 e. The number of hydrogen-bond acceptors (Lipinski definition) is 4. The number of amides is 2. The molecule has 1 aliphatic heterocycles. The van der Waals surface area contributed by atoms with Crippen molar-refractivity contribution < 1.29 is 31.9 Å². The van der Waals surface area contributed by atoms with Crippen LogP contribution < -0.4 is 15.0 Å². The minimum absolute atomic E-state index is 0.115. The van der Waals surface area contributed by atoms with Crippen LogP contribution in [0.4, 0.5) is 28.9 Å². The summed E-state index contributed by atoms with van der Waals surface area (Å²) in [5.41, 5.74) is 1.37. The van der Waals surface area contributed by atoms with Crippen LogP contribution in [0.25, 0.3) is 0 Å². The molecule has 0 aromatic heterocycles. The number of anilines is 2. The maximum absolute atomic E-state index is 13.9. The van der Waals surface area contributed by atoms with E-state index in [1.807, 2.05) is 0 Å². The van der Waals surface area contributed by atoms with Crippen molar-refractivity contribution in [2.24, 2.45) is 0 Å². The van der Waals surface area contributed by atoms with Gasteiger partial charge in [-0.15, -0.1) is 19.1 Å². The molecule has 1 aliphatic rings. The van der Waals surface area contributed by atoms with Crippen molar-refractivity contribution in [3.63, 3.8) is 0 Å². The van der Waals surface area contributed by atoms with E-state index >= 15 is 0 Å². The van der Waals surface area contributed by atoms with Crippen LogP contribution in [0.2, 0.25) is 0 Å². The quantitative estimate of drug-likeness (QED) is 0.347. The lowest BCUT2D eigenvalue weighted by molar-refractivity contribution is -0.274. The van der Waals surface area contributed by atoms with E-state index in [-0.39, 0.29) is 18.0 Å². The van der Waals surface area contributed by atoms with E-state index in [1.165, 1.54) is 47.0 Å². The molecule has 0 saturated carbocycles. The second-order valence-electron chi connectivity index (χ2n) is 7.27. The minimum Gasteiger partial charge on any atom is -0.406 e. The van der Waals surface area contributed by atoms with Gasteiger partial charge in [0.15, 0.2) is 0 Å². The van der Waals surface area contributed by atoms with E-state index in [0.717, 1.165) is 12.1 Å². The van der Waals surface area contributed by atoms with Gasteiger partial charge >= 0.3 is 6.36 Å². The number of hydrogen-bond donors (Lipinski definition) is 1. The summed E-state index contributed by atoms with van der Waals surface area (Å²) in [4.78, 5) is 28.3. The molecule has 3 aromatic rings. The molecule has 0 unspecified atom stereocenters. The van der Waals surface area contributed by atoms with Crippen LogP contribution in [0.1, 0.15) is 27.6 Å². The molecule has 35 heavy (non-hydrogen) atoms. The third-order valence-corrected chi connectivity index (χ3v) is 6.02. The van der Waals surface area contributed by atoms with E-state index in [1.54, 1.807) is 25.1 Å². The average molecular weight is 500 g/mol. The van der Waals surface area contributed by atoms with Crippen LogP contribution in [-0.2, 0) is 0 Å². The van der Waals surface area contributed by atoms with Gasteiger partial charge in [0.1, 0.15) is 11.6 Å². The van der Waals surface area contributed by atoms with E-state index < -0.39 is 23.8 Å². The van der Waals surface area contributed by atoms with Crippen molar-refractivity contribution in [2.45, 2.75) is 23.1 Å². The van der Waals surface area contributed by atoms with E-state index in [0.29, 0.717) is 26.7 Å². The molecule has 4 rings (SSSR count). The molecule has 0 aliphatic carbocycles. The van der Waals surface area contributed by atoms with Gasteiger partial charge in [-0.3, -0.25) is 14.5 Å². The summed E-state index contributed by atoms with van der Waals surface area (Å²) in [6.45, 7) is 1.78. The van der Waals surface area contributed by atoms with E-state index in [9.17, 15) is 27.2 Å². The zero-order chi connectivity index (χ0) is 25.2. The first-order valence-corrected chi connectivity index (χ1v) is 11.0. The summed E-state index contributed by atoms with van der Waals surface area (Å²) in [7, 11) is 0. The van der Waals surface area contributed by atoms with Gasteiger partial charge < -0.3 is 10.1 Å². The second kappa shape index (κ2) is 9.72. The lowest BCUT2D eigenvalue weighted by atomic mass is 10.1. The highest BCUT2D eigenvalue weighted by Crippen LogP contribution is 2.42. The Morgan fingerprint density at radius 3 is 2.49 bits per heavy atom. The summed E-state index contributed by atoms with van der Waals surface area (Å²) in [5.74, 6) is 3.80. The molecular weight excluding hydrogens is 484 g/mol. The van der Waals surface area contributed by atoms with Gasteiger partial charge in [-0.1, -0.05) is 17.7 Å². The Morgan fingerprint density at radius 1 is 1.06 bits per heavy atom. The molecule has 0 atom stereocenters. The van der Waals surface area contributed by atoms with Crippen molar-refractivity contribution in [1.82, 2.24) is 0 Å². The Morgan fingerprint density at radius 2 is 1.80 bits per heavy atom. The normalized spacial score (nSPS) is 12.6. The van der Waals surface area contributed by atoms with Gasteiger partial charge in [-0.25, -0.2) is 4.39 Å². The molecule has 0 bridgehead atoms. The summed E-state index contributed by atoms with van der Waals surface area (Å²) in [6, 6.07) is 13.3. The predicted octanol–water partition coefficient (Wildman–Crippen LogP) is 6.11. The van der Waals surface area contributed by atoms with Crippen molar-refractivity contribution in [2.75, 3.05) is 16.8 Å². The molecule has 0 fully saturated rings. The van der Waals surface area contributed by atoms with Gasteiger partial charge in [-0.05, 0) is 67.6 Å². The molecule has 2 amide bonds. The Labute approximate surface area is 202 Å². The third-order valence-electron chi connectivity index (χ3n) is 4.91. The SMILES string of the molecule is CC#CCN1C(=O)c2ccc(F)cc2Sc2cc(NC(=O)c3ccc(OC(F)(F)F)cc3)ccc21. The highest BCUT2D eigenvalue weighted by atomic mass is 32.2. The monoisotopic (exact) mass is 500 g/mol. The fourth-order valence-electron chi connectivity index (χ4n) is 3.35. The average Bonchev–Trinajstić information content (AvgIpc) is 2.90. The summed E-state index contributed by atoms with van der Waals surface area (Å²) in [6.07, 6.45) is -4.83. The Bertz CT molecular complexity index is 1360. The molecule has 1 N–H and O–H groups in total. The van der Waals surface area contributed by atoms with Crippen LogP contribution >= 0.6 is 11.8 Å². The van der Waals surface area contributed by atoms with E-state index in [2.05, 4.69) is 21.9 Å². The van der Waals surface area contributed by atoms with Gasteiger partial charge in [0.2, 0.25) is 0 Å². The summed E-state index contributed by atoms with van der Waals surface area (Å²) in [5, 5.41) is 2.68. The first-order chi connectivity index (χ1) is 16.6. The Hall–Kier alpha value is -3.97. The number of nitrogens with one attached hydrogen (secondary N) is 1. The topological polar surface area (TPSA) is 58.6 Å². The maximum atomic E-state index is 13.9. The summed E-state index contributed by atoms with van der Waals surface area (Å²) < 4.78 is 54.7. The predicted molar refractivity (Wildman–Crippen MR) is 123 cm³/mol. The highest BCUT2D eigenvalue weighted by molar-refractivity contribution is 7.99. The number of fused-ring (bicyclic) bond motifs is 2. The van der Waals surface area contributed by atoms with Crippen molar-refractivity contribution in [3.05, 3.63) is 77.6 Å². The standard InChI is InChI=1S/C25H16F4N2O3S/c1-2-3-12-31-20-11-7-17(14-22(20)35-21-13-16(26)6-10-19(21)24(31)33)30-23(32)15-4-8-18(9-5-15)34-25(27,28)29/h4-11,13-14H,12H2,1H3,(H,30,32). The van der Waals surface area contributed by atoms with Crippen molar-refractivity contribution in [3.8, 4) is 17.6 Å². The number of alkyl halides is 3. The second-order valence-corrected chi connectivity index (χ2v) is 8.35. The fraction of sp³-hybridized carbons (Fsp3) is 0.120. The van der Waals surface area contributed by atoms with Crippen LogP contribution in [0.5, 0.6) is 5.75 Å². The molecule has 5 nitrogen and oxygen atoms in total. The molecule has 1 heterocycles. The summed E-state index contributed by atoms with van der Waals surface area (Å²) >= 11 is 1.18. The zero-order valence-corrected chi connectivity index (χ0v) is 18.9. The fourth-order valence-corrected chi connectivity index (χ4v) is 4.50. The number of halogens is 4. The first kappa shape index (κ1) is 24.2. The molecule has 0 spiro atoms. The largest absolute Gasteiger partial charge is 0.573 e. The van der Waals surface area contributed by atoms with Gasteiger partial charge in [0.05, 0.1) is 17.8 Å². The van der Waals surface area contributed by atoms with Crippen molar-refractivity contribution >= 4 is 35.0 Å². The minimum atomic E-state index is -4.83. The van der Waals surface area contributed by atoms with Gasteiger partial charge in [-0.2, -0.15) is 0 Å². The van der Waals surface area contributed by atoms with Gasteiger partial charge in [0.25, 0.3) is 11.8 Å². The number of ether oxygens (including phenoxy) is 1. The number of rotatable bonds is 4. The van der Waals surface area contributed by atoms with Gasteiger partial charge in [0, 0.05) is 21.0 Å². The number of nitrogens with zero attached hydrogens (tertiary/aromatic N) is 1. The van der Waals surface area contributed by atoms with Crippen LogP contribution in [0, 0.1) is 17.7 Å². The van der Waals surface area contributed by atoms with E-state index in [4.69, 9.17) is 0 Å². The van der Waals surface area contributed by atoms with Crippen LogP contribution in [0.15, 0.2) is 70.5 Å². The Balaban J connectivity index is 1.62. The van der Waals surface area contributed by atoms with Crippen molar-refractivity contribution in [1.29, 1.82) is 0 Å². The lowest BCUT2D eigenvalue weighted by Gasteiger charge is -2.21. The number of carbonyl (C=O) groups excluding carboxylic acids is 2. The third kappa shape index (κ3) is 5.58. The lowest BCUT2D eigenvalue weighted by Crippen LogP contribution is -2.31. The smallest absolute Gasteiger partial charge is 0.406 e. The highest BCUT2D eigenvalue weighted by Gasteiger charge is 2.31. The molecule has 3 aromatic carbocycles. The number of carbonyl (C=O) groups is 2. The molecular formula is C25H16F4N2O3S. The Kier molecular flexibility index (Phi) is 6.71.